The maximum Gasteiger partial charge on any atom is 0.312 e. The largest absolute Gasteiger partial charge is 0.497 e. The van der Waals surface area contributed by atoms with E-state index in [1.807, 2.05) is 0 Å². The van der Waals surface area contributed by atoms with Gasteiger partial charge in [0.1, 0.15) is 34.7 Å². The number of rotatable bonds is 3. The Kier molecular flexibility index (Phi) is 4.96. The Hall–Kier alpha value is -4.72. The van der Waals surface area contributed by atoms with Crippen molar-refractivity contribution >= 4 is 27.9 Å². The van der Waals surface area contributed by atoms with Gasteiger partial charge in [-0.05, 0) is 48.0 Å². The van der Waals surface area contributed by atoms with Gasteiger partial charge in [-0.2, -0.15) is 0 Å². The van der Waals surface area contributed by atoms with Crippen molar-refractivity contribution in [3.05, 3.63) is 105 Å². The van der Waals surface area contributed by atoms with Crippen LogP contribution in [-0.2, 0) is 4.79 Å². The van der Waals surface area contributed by atoms with Gasteiger partial charge in [-0.25, -0.2) is 4.39 Å². The highest BCUT2D eigenvalue weighted by Gasteiger charge is 2.34. The summed E-state index contributed by atoms with van der Waals surface area (Å²) in [5.41, 5.74) is 1.29. The van der Waals surface area contributed by atoms with Crippen LogP contribution in [0.15, 0.2) is 85.5 Å². The van der Waals surface area contributed by atoms with Crippen LogP contribution in [0, 0.1) is 5.82 Å². The van der Waals surface area contributed by atoms with E-state index in [4.69, 9.17) is 18.3 Å². The van der Waals surface area contributed by atoms with E-state index in [1.165, 1.54) is 56.0 Å². The van der Waals surface area contributed by atoms with Gasteiger partial charge >= 0.3 is 5.97 Å². The van der Waals surface area contributed by atoms with Crippen molar-refractivity contribution in [1.29, 1.82) is 0 Å². The van der Waals surface area contributed by atoms with E-state index < -0.39 is 17.7 Å². The molecule has 8 heteroatoms. The minimum absolute atomic E-state index is 0.143. The second-order valence-electron chi connectivity index (χ2n) is 8.45. The third-order valence-corrected chi connectivity index (χ3v) is 6.42. The predicted octanol–water partition coefficient (Wildman–Crippen LogP) is 5.16. The molecule has 0 aliphatic carbocycles. The Morgan fingerprint density at radius 1 is 0.889 bits per heavy atom. The number of esters is 1. The number of hydrogen-bond acceptors (Lipinski definition) is 7. The summed E-state index contributed by atoms with van der Waals surface area (Å²) in [6.07, 6.45) is 2.48. The highest BCUT2D eigenvalue weighted by Crippen LogP contribution is 2.42. The molecule has 7 nitrogen and oxygen atoms in total. The van der Waals surface area contributed by atoms with Crippen molar-refractivity contribution in [3.8, 4) is 22.6 Å². The molecule has 5 aromatic rings. The number of carbonyl (C=O) groups excluding carboxylic acids is 1. The van der Waals surface area contributed by atoms with Gasteiger partial charge in [0, 0.05) is 17.0 Å². The molecule has 3 heterocycles. The molecule has 2 aromatic heterocycles. The lowest BCUT2D eigenvalue weighted by molar-refractivity contribution is -0.135. The molecule has 3 aromatic carbocycles. The van der Waals surface area contributed by atoms with Gasteiger partial charge in [-0.1, -0.05) is 12.1 Å². The van der Waals surface area contributed by atoms with Crippen LogP contribution in [0.1, 0.15) is 23.5 Å². The maximum absolute atomic E-state index is 13.5. The molecule has 36 heavy (non-hydrogen) atoms. The molecule has 0 fully saturated rings. The lowest BCUT2D eigenvalue weighted by Crippen LogP contribution is -2.25. The first kappa shape index (κ1) is 21.8. The molecule has 6 rings (SSSR count). The Morgan fingerprint density at radius 2 is 1.69 bits per heavy atom. The van der Waals surface area contributed by atoms with Gasteiger partial charge in [0.15, 0.2) is 5.43 Å². The Labute approximate surface area is 202 Å². The molecular formula is C28H17FO7. The summed E-state index contributed by atoms with van der Waals surface area (Å²) in [6.45, 7) is 0. The molecule has 0 radical (unpaired) electrons. The molecule has 0 bridgehead atoms. The summed E-state index contributed by atoms with van der Waals surface area (Å²) in [4.78, 5) is 39.3. The average molecular weight is 484 g/mol. The Bertz CT molecular complexity index is 1800. The highest BCUT2D eigenvalue weighted by atomic mass is 19.1. The van der Waals surface area contributed by atoms with Crippen LogP contribution in [-0.4, -0.2) is 13.1 Å². The van der Waals surface area contributed by atoms with E-state index in [0.717, 1.165) is 0 Å². The highest BCUT2D eigenvalue weighted by molar-refractivity contribution is 5.90. The molecule has 178 valence electrons. The van der Waals surface area contributed by atoms with Crippen molar-refractivity contribution in [1.82, 2.24) is 0 Å². The van der Waals surface area contributed by atoms with Crippen LogP contribution in [0.3, 0.4) is 0 Å². The van der Waals surface area contributed by atoms with Crippen molar-refractivity contribution in [2.24, 2.45) is 0 Å². The molecule has 0 saturated heterocycles. The number of fused-ring (bicyclic) bond motifs is 4. The summed E-state index contributed by atoms with van der Waals surface area (Å²) >= 11 is 0. The van der Waals surface area contributed by atoms with Crippen molar-refractivity contribution in [2.75, 3.05) is 7.11 Å². The molecule has 1 atom stereocenters. The zero-order valence-corrected chi connectivity index (χ0v) is 18.9. The van der Waals surface area contributed by atoms with Gasteiger partial charge in [0.2, 0.25) is 5.43 Å². The van der Waals surface area contributed by atoms with Crippen LogP contribution in [0.25, 0.3) is 33.1 Å². The summed E-state index contributed by atoms with van der Waals surface area (Å²) in [5.74, 6) is -1.03. The fraction of sp³-hybridized carbons (Fsp3) is 0.107. The molecule has 1 aliphatic rings. The van der Waals surface area contributed by atoms with E-state index in [1.54, 1.807) is 18.2 Å². The lowest BCUT2D eigenvalue weighted by Gasteiger charge is -2.25. The summed E-state index contributed by atoms with van der Waals surface area (Å²) in [5, 5.41) is 0.540. The van der Waals surface area contributed by atoms with Crippen molar-refractivity contribution in [3.63, 3.8) is 0 Å². The van der Waals surface area contributed by atoms with Crippen LogP contribution in [0.2, 0.25) is 0 Å². The minimum Gasteiger partial charge on any atom is -0.497 e. The van der Waals surface area contributed by atoms with E-state index in [9.17, 15) is 18.8 Å². The molecule has 1 aliphatic heterocycles. The first-order valence-electron chi connectivity index (χ1n) is 11.1. The second kappa shape index (κ2) is 8.20. The summed E-state index contributed by atoms with van der Waals surface area (Å²) in [7, 11) is 1.49. The first-order chi connectivity index (χ1) is 17.4. The zero-order chi connectivity index (χ0) is 25.0. The lowest BCUT2D eigenvalue weighted by atomic mass is 9.85. The van der Waals surface area contributed by atoms with Crippen molar-refractivity contribution < 1.29 is 27.5 Å². The molecule has 0 spiro atoms. The van der Waals surface area contributed by atoms with Crippen LogP contribution >= 0.6 is 0 Å². The maximum atomic E-state index is 13.5. The molecule has 0 N–H and O–H groups in total. The number of halogens is 1. The quantitative estimate of drug-likeness (QED) is 0.258. The number of methoxy groups -OCH3 is 1. The number of carbonyl (C=O) groups is 1. The van der Waals surface area contributed by atoms with Gasteiger partial charge < -0.3 is 18.3 Å². The standard InChI is InChI=1S/C28H17FO7/c1-33-16-6-8-22-19(10-16)27(32)21(13-34-22)18-11-24(30)36-23-9-7-17-26(31)20(12-35-28(17)25(18)23)14-2-4-15(29)5-3-14/h2-10,12-13,18H,11H2,1H3/t18-/m0/s1. The van der Waals surface area contributed by atoms with Crippen LogP contribution in [0.4, 0.5) is 4.39 Å². The van der Waals surface area contributed by atoms with E-state index in [0.29, 0.717) is 27.8 Å². The Balaban J connectivity index is 1.58. The topological polar surface area (TPSA) is 96.0 Å². The summed E-state index contributed by atoms with van der Waals surface area (Å²) in [6, 6.07) is 13.4. The van der Waals surface area contributed by atoms with Gasteiger partial charge in [-0.15, -0.1) is 0 Å². The van der Waals surface area contributed by atoms with Crippen LogP contribution in [0.5, 0.6) is 11.5 Å². The minimum atomic E-state index is -0.767. The zero-order valence-electron chi connectivity index (χ0n) is 18.9. The number of hydrogen-bond donors (Lipinski definition) is 0. The molecule has 0 saturated carbocycles. The summed E-state index contributed by atoms with van der Waals surface area (Å²) < 4.78 is 35.7. The monoisotopic (exact) mass is 484 g/mol. The third-order valence-electron chi connectivity index (χ3n) is 6.42. The smallest absolute Gasteiger partial charge is 0.312 e. The van der Waals surface area contributed by atoms with E-state index in [2.05, 4.69) is 0 Å². The SMILES string of the molecule is COc1ccc2occ([C@@H]3CC(=O)Oc4ccc5c(=O)c(-c6ccc(F)cc6)coc5c43)c(=O)c2c1. The predicted molar refractivity (Wildman–Crippen MR) is 129 cm³/mol. The first-order valence-corrected chi connectivity index (χ1v) is 11.1. The molecule has 0 amide bonds. The average Bonchev–Trinajstić information content (AvgIpc) is 2.89. The van der Waals surface area contributed by atoms with Gasteiger partial charge in [-0.3, -0.25) is 14.4 Å². The van der Waals surface area contributed by atoms with E-state index >= 15 is 0 Å². The normalized spacial score (nSPS) is 15.1. The number of ether oxygens (including phenoxy) is 2. The second-order valence-corrected chi connectivity index (χ2v) is 8.45. The van der Waals surface area contributed by atoms with Gasteiger partial charge in [0.05, 0.1) is 36.1 Å². The fourth-order valence-electron chi connectivity index (χ4n) is 4.64. The van der Waals surface area contributed by atoms with Crippen LogP contribution < -0.4 is 20.3 Å². The Morgan fingerprint density at radius 3 is 2.47 bits per heavy atom. The van der Waals surface area contributed by atoms with E-state index in [-0.39, 0.29) is 45.1 Å². The fourth-order valence-corrected chi connectivity index (χ4v) is 4.64. The number of benzene rings is 3. The van der Waals surface area contributed by atoms with Gasteiger partial charge in [0.25, 0.3) is 0 Å². The molecular weight excluding hydrogens is 467 g/mol. The molecule has 0 unspecified atom stereocenters. The third kappa shape index (κ3) is 3.38. The van der Waals surface area contributed by atoms with Crippen molar-refractivity contribution in [2.45, 2.75) is 12.3 Å².